The summed E-state index contributed by atoms with van der Waals surface area (Å²) < 4.78 is 21.7. The Morgan fingerprint density at radius 1 is 0.573 bits per heavy atom. The molecule has 110 heavy (non-hydrogen) atoms. The maximum atomic E-state index is 13.8. The minimum Gasteiger partial charge on any atom is -0.481 e. The number of carboxylic acids is 5. The van der Waals surface area contributed by atoms with E-state index in [1.165, 1.54) is 9.80 Å². The van der Waals surface area contributed by atoms with E-state index < -0.39 is 177 Å². The molecule has 2 saturated heterocycles. The number of H-pyrrole nitrogens is 1. The third-order valence-corrected chi connectivity index (χ3v) is 19.0. The number of likely N-dealkylation sites (tertiary alicyclic amines) is 1. The number of primary amides is 1. The maximum Gasteiger partial charge on any atom is 0.317 e. The van der Waals surface area contributed by atoms with Gasteiger partial charge in [0.2, 0.25) is 53.2 Å². The van der Waals surface area contributed by atoms with Crippen molar-refractivity contribution >= 4 is 105 Å². The molecule has 9 amide bonds. The molecule has 3 fully saturated rings. The van der Waals surface area contributed by atoms with Gasteiger partial charge in [-0.1, -0.05) is 31.0 Å². The van der Waals surface area contributed by atoms with E-state index in [4.69, 9.17) is 24.7 Å². The summed E-state index contributed by atoms with van der Waals surface area (Å²) in [5, 5.41) is 70.7. The van der Waals surface area contributed by atoms with Crippen LogP contribution in [0.1, 0.15) is 115 Å². The highest BCUT2D eigenvalue weighted by Crippen LogP contribution is 2.36. The number of hydrogen-bond acceptors (Lipinski definition) is 24. The van der Waals surface area contributed by atoms with Crippen LogP contribution in [0.4, 0.5) is 0 Å². The van der Waals surface area contributed by atoms with Crippen LogP contribution < -0.4 is 48.3 Å². The van der Waals surface area contributed by atoms with Gasteiger partial charge >= 0.3 is 29.8 Å². The molecule has 1 saturated carbocycles. The molecule has 1 aliphatic carbocycles. The van der Waals surface area contributed by atoms with Crippen molar-refractivity contribution in [3.05, 3.63) is 36.0 Å². The van der Waals surface area contributed by atoms with Crippen LogP contribution in [-0.4, -0.2) is 325 Å². The third-order valence-electron chi connectivity index (χ3n) is 19.0. The zero-order chi connectivity index (χ0) is 80.5. The summed E-state index contributed by atoms with van der Waals surface area (Å²) in [7, 11) is 1.60. The van der Waals surface area contributed by atoms with Gasteiger partial charge in [0.25, 0.3) is 0 Å². The maximum absolute atomic E-state index is 13.8. The van der Waals surface area contributed by atoms with E-state index in [0.29, 0.717) is 38.5 Å². The summed E-state index contributed by atoms with van der Waals surface area (Å²) in [4.78, 5) is 210. The second-order valence-corrected chi connectivity index (χ2v) is 27.4. The fourth-order valence-electron chi connectivity index (χ4n) is 13.8. The summed E-state index contributed by atoms with van der Waals surface area (Å²) >= 11 is 0. The highest BCUT2D eigenvalue weighted by atomic mass is 16.5. The van der Waals surface area contributed by atoms with Crippen molar-refractivity contribution in [1.29, 1.82) is 0 Å². The molecule has 0 bridgehead atoms. The van der Waals surface area contributed by atoms with Crippen molar-refractivity contribution in [2.75, 3.05) is 145 Å². The standard InChI is InChI=1S/C71H108N14O25/c1-73-52(31-47-34-77-50-13-3-2-12-49(47)50)56(87)32-46(33-63(94)95)70(106)85-24-9-17-55(85)69(105)80-36-60(91)78-35-59(90)79-37-61(92)81-51(68(72)104)14-6-7-21-74-62(93)43-110-30-27-107-25-10-11-48(86)42-109-29-28-108-26-23-76-58(89)19-8-18-57(88)75-22-20-71(84(40-66(100)101)41-67(102)103)44-82(38-64(96)97)53-15-4-5-16-54(53)83(45-71)39-65(98)99/h2-3,12-13,34,46,51-55,73,77H,4-11,14-33,35-45H2,1H3,(H2,72,104)(H,74,93)(H,75,88)(H,76,89)(H,78,91)(H,79,90)(H,80,105)(H,81,92)(H,94,95)(H,96,97)(H,98,99)(H,100,101)(H,102,103)/t46-,51-,52-,53+,54+,55-/m0/s1. The monoisotopic (exact) mass is 1560 g/mol. The average molecular weight is 1560 g/mol. The number of aromatic nitrogens is 1. The van der Waals surface area contributed by atoms with Crippen LogP contribution in [0.25, 0.3) is 10.9 Å². The number of carbonyl (C=O) groups is 16. The number of para-hydroxylation sites is 1. The molecule has 39 nitrogen and oxygen atoms in total. The van der Waals surface area contributed by atoms with E-state index in [1.54, 1.807) is 23.0 Å². The zero-order valence-corrected chi connectivity index (χ0v) is 62.2. The van der Waals surface area contributed by atoms with Gasteiger partial charge in [0.05, 0.1) is 97.2 Å². The first-order valence-corrected chi connectivity index (χ1v) is 37.0. The van der Waals surface area contributed by atoms with Crippen LogP contribution in [0.5, 0.6) is 0 Å². The molecule has 3 heterocycles. The molecule has 0 radical (unpaired) electrons. The quantitative estimate of drug-likeness (QED) is 0.0285. The highest BCUT2D eigenvalue weighted by molar-refractivity contribution is 5.96. The first kappa shape index (κ1) is 91.0. The predicted molar refractivity (Wildman–Crippen MR) is 388 cm³/mol. The van der Waals surface area contributed by atoms with Gasteiger partial charge < -0.3 is 103 Å². The second kappa shape index (κ2) is 48.8. The summed E-state index contributed by atoms with van der Waals surface area (Å²) in [6, 6.07) is 3.86. The van der Waals surface area contributed by atoms with Crippen molar-refractivity contribution in [3.8, 4) is 0 Å². The Kier molecular flexibility index (Phi) is 40.4. The molecule has 3 aliphatic rings. The molecule has 1 aromatic heterocycles. The number of rotatable bonds is 56. The van der Waals surface area contributed by atoms with Crippen LogP contribution in [-0.2, 0) is 102 Å². The number of hydrogen-bond donors (Lipinski definition) is 15. The Morgan fingerprint density at radius 2 is 1.15 bits per heavy atom. The zero-order valence-electron chi connectivity index (χ0n) is 62.2. The van der Waals surface area contributed by atoms with Crippen LogP contribution in [0, 0.1) is 5.92 Å². The molecule has 6 atom stereocenters. The van der Waals surface area contributed by atoms with Gasteiger partial charge in [-0.2, -0.15) is 0 Å². The molecule has 5 rings (SSSR count). The van der Waals surface area contributed by atoms with E-state index in [9.17, 15) is 102 Å². The lowest BCUT2D eigenvalue weighted by Gasteiger charge is -2.45. The Labute approximate surface area is 635 Å². The summed E-state index contributed by atoms with van der Waals surface area (Å²) in [6.45, 7) is -3.48. The number of nitrogens with one attached hydrogen (secondary N) is 9. The molecule has 0 spiro atoms. The van der Waals surface area contributed by atoms with Crippen LogP contribution in [0.2, 0.25) is 0 Å². The number of unbranched alkanes of at least 4 members (excludes halogenated alkanes) is 1. The average Bonchev–Trinajstić information content (AvgIpc) is 1.61. The number of aliphatic carboxylic acids is 5. The molecular formula is C71H108N14O25. The Hall–Kier alpha value is -9.64. The van der Waals surface area contributed by atoms with Crippen molar-refractivity contribution in [2.45, 2.75) is 151 Å². The molecule has 0 unspecified atom stereocenters. The number of ether oxygens (including phenoxy) is 4. The first-order chi connectivity index (χ1) is 52.6. The fourth-order valence-corrected chi connectivity index (χ4v) is 13.8. The smallest absolute Gasteiger partial charge is 0.317 e. The molecule has 16 N–H and O–H groups in total. The number of likely N-dealkylation sites (N-methyl/N-ethyl adjacent to an activating group) is 1. The topological polar surface area (TPSA) is 562 Å². The third kappa shape index (κ3) is 33.3. The number of nitrogens with zero attached hydrogens (tertiary/aromatic N) is 4. The van der Waals surface area contributed by atoms with Crippen LogP contribution >= 0.6 is 0 Å². The summed E-state index contributed by atoms with van der Waals surface area (Å²) in [6.07, 6.45) is 5.76. The minimum atomic E-state index is -1.41. The summed E-state index contributed by atoms with van der Waals surface area (Å²) in [5.74, 6) is -13.9. The highest BCUT2D eigenvalue weighted by Gasteiger charge is 2.50. The lowest BCUT2D eigenvalue weighted by atomic mass is 9.88. The van der Waals surface area contributed by atoms with Gasteiger partial charge in [0, 0.05) is 106 Å². The summed E-state index contributed by atoms with van der Waals surface area (Å²) in [5.41, 5.74) is 5.81. The number of ketones is 2. The van der Waals surface area contributed by atoms with E-state index in [2.05, 4.69) is 47.5 Å². The Balaban J connectivity index is 0.830. The second-order valence-electron chi connectivity index (χ2n) is 27.4. The Morgan fingerprint density at radius 3 is 1.76 bits per heavy atom. The molecule has 1 aromatic carbocycles. The van der Waals surface area contributed by atoms with E-state index in [1.807, 2.05) is 24.3 Å². The number of amides is 9. The van der Waals surface area contributed by atoms with E-state index in [-0.39, 0.29) is 161 Å². The number of fused-ring (bicyclic) bond motifs is 2. The minimum absolute atomic E-state index is 0.00542. The van der Waals surface area contributed by atoms with Gasteiger partial charge in [-0.3, -0.25) is 91.4 Å². The molecule has 2 aromatic rings. The Bertz CT molecular complexity index is 3400. The van der Waals surface area contributed by atoms with Gasteiger partial charge in [-0.15, -0.1) is 0 Å². The SMILES string of the molecule is CN[C@@H](Cc1c[nH]c2ccccc12)C(=O)C[C@@H](CC(=O)O)C(=O)N1CCC[C@H]1C(=O)NCC(=O)NCC(=O)NCC(=O)N[C@@H](CCCCNC(=O)COCCOCCCC(=O)COCCOCCNC(=O)CCCC(=O)NCCC1(N(CC(=O)O)CC(=O)O)CN(CC(=O)O)[C@@H]2CCCC[C@H]2N(CC(=O)O)C1)C(N)=O. The first-order valence-electron chi connectivity index (χ1n) is 37.0. The number of benzene rings is 1. The number of Topliss-reactive ketones (excluding diaryl/α,β-unsaturated/α-hetero) is 2. The predicted octanol–water partition coefficient (Wildman–Crippen LogP) is -3.54. The number of nitrogens with two attached hydrogens (primary N) is 1. The van der Waals surface area contributed by atoms with Gasteiger partial charge in [-0.25, -0.2) is 0 Å². The van der Waals surface area contributed by atoms with Gasteiger partial charge in [0.1, 0.15) is 25.3 Å². The van der Waals surface area contributed by atoms with Crippen molar-refractivity contribution in [2.24, 2.45) is 11.7 Å². The largest absolute Gasteiger partial charge is 0.481 e. The molecule has 39 heteroatoms. The van der Waals surface area contributed by atoms with Crippen LogP contribution in [0.3, 0.4) is 0 Å². The fraction of sp³-hybridized carbons (Fsp3) is 0.662. The van der Waals surface area contributed by atoms with Crippen molar-refractivity contribution < 1.29 is 121 Å². The molecular weight excluding hydrogens is 1450 g/mol. The van der Waals surface area contributed by atoms with Gasteiger partial charge in [0.15, 0.2) is 11.6 Å². The lowest BCUT2D eigenvalue weighted by molar-refractivity contribution is -0.148. The van der Waals surface area contributed by atoms with Crippen molar-refractivity contribution in [3.63, 3.8) is 0 Å². The van der Waals surface area contributed by atoms with E-state index in [0.717, 1.165) is 29.3 Å². The number of carboxylic acid groups (broad SMARTS) is 5. The van der Waals surface area contributed by atoms with Crippen molar-refractivity contribution in [1.82, 2.24) is 67.1 Å². The lowest BCUT2D eigenvalue weighted by Crippen LogP contribution is -2.63. The van der Waals surface area contributed by atoms with Gasteiger partial charge in [-0.05, 0) is 89.3 Å². The van der Waals surface area contributed by atoms with E-state index >= 15 is 0 Å². The normalized spacial score (nSPS) is 17.1. The molecule has 612 valence electrons. The molecule has 2 aliphatic heterocycles. The van der Waals surface area contributed by atoms with Crippen LogP contribution in [0.15, 0.2) is 30.5 Å². The number of aromatic amines is 1. The number of carbonyl (C=O) groups excluding carboxylic acids is 11.